The molecule has 0 radical (unpaired) electrons. The first kappa shape index (κ1) is 21.2. The fourth-order valence-electron chi connectivity index (χ4n) is 5.12. The number of nitrogens with zero attached hydrogens (tertiary/aromatic N) is 1. The van der Waals surface area contributed by atoms with E-state index < -0.39 is 23.9 Å². The normalized spacial score (nSPS) is 19.3. The lowest BCUT2D eigenvalue weighted by atomic mass is 9.88. The molecule has 0 saturated carbocycles. The lowest BCUT2D eigenvalue weighted by Crippen LogP contribution is -2.31. The molecule has 1 saturated heterocycles. The van der Waals surface area contributed by atoms with E-state index in [4.69, 9.17) is 4.74 Å². The number of fused-ring (bicyclic) bond motifs is 3. The molecule has 0 aromatic heterocycles. The average molecular weight is 445 g/mol. The number of halogens is 1. The molecule has 33 heavy (non-hydrogen) atoms. The number of aliphatic carboxylic acids is 1. The summed E-state index contributed by atoms with van der Waals surface area (Å²) in [6.45, 7) is 2.11. The standard InChI is InChI=1S/C27H24FNO4/c1-16-12-17(10-11-25(16)28)22-13-29(14-23(22)26(30)31)27(32)33-15-24-20-8-4-2-6-18(20)19-7-3-5-9-21(19)24/h2-12,22-24H,13-15H2,1H3,(H,30,31)/t22-,23+/m0/s1. The summed E-state index contributed by atoms with van der Waals surface area (Å²) in [5.41, 5.74) is 5.71. The van der Waals surface area contributed by atoms with Crippen molar-refractivity contribution in [3.05, 3.63) is 94.8 Å². The van der Waals surface area contributed by atoms with Crippen LogP contribution in [0.15, 0.2) is 66.7 Å². The monoisotopic (exact) mass is 445 g/mol. The molecule has 1 amide bonds. The second-order valence-electron chi connectivity index (χ2n) is 8.77. The summed E-state index contributed by atoms with van der Waals surface area (Å²) in [5, 5.41) is 9.74. The van der Waals surface area contributed by atoms with E-state index in [1.807, 2.05) is 24.3 Å². The van der Waals surface area contributed by atoms with Crippen molar-refractivity contribution in [2.75, 3.05) is 19.7 Å². The third-order valence-electron chi connectivity index (χ3n) is 6.84. The summed E-state index contributed by atoms with van der Waals surface area (Å²) in [6, 6.07) is 20.8. The number of benzene rings is 3. The maximum Gasteiger partial charge on any atom is 0.409 e. The number of amides is 1. The number of hydrogen-bond donors (Lipinski definition) is 1. The quantitative estimate of drug-likeness (QED) is 0.601. The number of carbonyl (C=O) groups excluding carboxylic acids is 1. The van der Waals surface area contributed by atoms with Gasteiger partial charge in [0.15, 0.2) is 0 Å². The molecule has 3 aromatic rings. The largest absolute Gasteiger partial charge is 0.481 e. The summed E-state index contributed by atoms with van der Waals surface area (Å²) in [4.78, 5) is 26.3. The smallest absolute Gasteiger partial charge is 0.409 e. The van der Waals surface area contributed by atoms with Crippen LogP contribution in [0.3, 0.4) is 0 Å². The van der Waals surface area contributed by atoms with Gasteiger partial charge in [-0.2, -0.15) is 0 Å². The maximum absolute atomic E-state index is 13.7. The molecule has 3 aromatic carbocycles. The number of carboxylic acids is 1. The van der Waals surface area contributed by atoms with Crippen LogP contribution >= 0.6 is 0 Å². The Morgan fingerprint density at radius 3 is 2.24 bits per heavy atom. The summed E-state index contributed by atoms with van der Waals surface area (Å²) in [7, 11) is 0. The first-order chi connectivity index (χ1) is 15.9. The minimum atomic E-state index is -0.976. The van der Waals surface area contributed by atoms with Crippen LogP contribution < -0.4 is 0 Å². The third-order valence-corrected chi connectivity index (χ3v) is 6.84. The number of carbonyl (C=O) groups is 2. The zero-order valence-electron chi connectivity index (χ0n) is 18.2. The molecule has 2 atom stereocenters. The lowest BCUT2D eigenvalue weighted by molar-refractivity contribution is -0.141. The Hall–Kier alpha value is -3.67. The molecule has 0 bridgehead atoms. The topological polar surface area (TPSA) is 66.8 Å². The molecule has 0 spiro atoms. The van der Waals surface area contributed by atoms with Crippen molar-refractivity contribution < 1.29 is 23.8 Å². The summed E-state index contributed by atoms with van der Waals surface area (Å²) >= 11 is 0. The fourth-order valence-corrected chi connectivity index (χ4v) is 5.12. The van der Waals surface area contributed by atoms with E-state index >= 15 is 0 Å². The van der Waals surface area contributed by atoms with Crippen LogP contribution in [0, 0.1) is 18.7 Å². The van der Waals surface area contributed by atoms with E-state index in [2.05, 4.69) is 24.3 Å². The molecule has 168 valence electrons. The van der Waals surface area contributed by atoms with Gasteiger partial charge in [-0.3, -0.25) is 4.79 Å². The second kappa shape index (κ2) is 8.35. The molecule has 5 nitrogen and oxygen atoms in total. The van der Waals surface area contributed by atoms with Crippen LogP contribution in [0.1, 0.15) is 34.1 Å². The lowest BCUT2D eigenvalue weighted by Gasteiger charge is -2.19. The van der Waals surface area contributed by atoms with Gasteiger partial charge in [-0.05, 0) is 46.4 Å². The van der Waals surface area contributed by atoms with E-state index in [1.54, 1.807) is 19.1 Å². The van der Waals surface area contributed by atoms with Gasteiger partial charge < -0.3 is 14.7 Å². The van der Waals surface area contributed by atoms with Gasteiger partial charge in [0.2, 0.25) is 0 Å². The molecule has 1 aliphatic carbocycles. The summed E-state index contributed by atoms with van der Waals surface area (Å²) < 4.78 is 19.4. The van der Waals surface area contributed by atoms with Crippen molar-refractivity contribution in [3.8, 4) is 11.1 Å². The molecular weight excluding hydrogens is 421 g/mol. The Labute approximate surface area is 191 Å². The molecule has 1 heterocycles. The van der Waals surface area contributed by atoms with Crippen LogP contribution in [-0.2, 0) is 9.53 Å². The van der Waals surface area contributed by atoms with E-state index in [9.17, 15) is 19.1 Å². The third kappa shape index (κ3) is 3.75. The number of ether oxygens (including phenoxy) is 1. The van der Waals surface area contributed by atoms with Crippen molar-refractivity contribution in [1.29, 1.82) is 0 Å². The van der Waals surface area contributed by atoms with E-state index in [0.29, 0.717) is 5.56 Å². The van der Waals surface area contributed by atoms with Gasteiger partial charge in [0.1, 0.15) is 12.4 Å². The SMILES string of the molecule is Cc1cc([C@@H]2CN(C(=O)OCC3c4ccccc4-c4ccccc43)C[C@H]2C(=O)O)ccc1F. The van der Waals surface area contributed by atoms with Gasteiger partial charge in [0, 0.05) is 24.9 Å². The van der Waals surface area contributed by atoms with Gasteiger partial charge >= 0.3 is 12.1 Å². The number of carboxylic acid groups (broad SMARTS) is 1. The Morgan fingerprint density at radius 1 is 1.00 bits per heavy atom. The highest BCUT2D eigenvalue weighted by atomic mass is 19.1. The molecule has 1 N–H and O–H groups in total. The van der Waals surface area contributed by atoms with Crippen molar-refractivity contribution in [2.24, 2.45) is 5.92 Å². The molecule has 2 aliphatic rings. The highest BCUT2D eigenvalue weighted by molar-refractivity contribution is 5.79. The minimum absolute atomic E-state index is 0.0604. The molecule has 6 heteroatoms. The molecular formula is C27H24FNO4. The number of aryl methyl sites for hydroxylation is 1. The first-order valence-corrected chi connectivity index (χ1v) is 11.0. The highest BCUT2D eigenvalue weighted by Gasteiger charge is 2.41. The fraction of sp³-hybridized carbons (Fsp3) is 0.259. The van der Waals surface area contributed by atoms with Crippen molar-refractivity contribution in [2.45, 2.75) is 18.8 Å². The number of likely N-dealkylation sites (tertiary alicyclic amines) is 1. The zero-order valence-corrected chi connectivity index (χ0v) is 18.2. The van der Waals surface area contributed by atoms with Gasteiger partial charge in [-0.25, -0.2) is 9.18 Å². The van der Waals surface area contributed by atoms with Crippen molar-refractivity contribution in [1.82, 2.24) is 4.90 Å². The van der Waals surface area contributed by atoms with Gasteiger partial charge in [0.05, 0.1) is 5.92 Å². The Bertz CT molecular complexity index is 1190. The maximum atomic E-state index is 13.7. The first-order valence-electron chi connectivity index (χ1n) is 11.0. The second-order valence-corrected chi connectivity index (χ2v) is 8.77. The Morgan fingerprint density at radius 2 is 1.64 bits per heavy atom. The van der Waals surface area contributed by atoms with Gasteiger partial charge in [-0.1, -0.05) is 60.7 Å². The number of hydrogen-bond acceptors (Lipinski definition) is 3. The van der Waals surface area contributed by atoms with Crippen LogP contribution in [0.25, 0.3) is 11.1 Å². The molecule has 5 rings (SSSR count). The van der Waals surface area contributed by atoms with E-state index in [0.717, 1.165) is 27.8 Å². The summed E-state index contributed by atoms with van der Waals surface area (Å²) in [5.74, 6) is -2.56. The van der Waals surface area contributed by atoms with E-state index in [1.165, 1.54) is 11.0 Å². The predicted octanol–water partition coefficient (Wildman–Crippen LogP) is 5.18. The van der Waals surface area contributed by atoms with Crippen LogP contribution in [0.5, 0.6) is 0 Å². The van der Waals surface area contributed by atoms with Gasteiger partial charge in [0.25, 0.3) is 0 Å². The van der Waals surface area contributed by atoms with Crippen LogP contribution in [0.2, 0.25) is 0 Å². The van der Waals surface area contributed by atoms with Crippen molar-refractivity contribution in [3.63, 3.8) is 0 Å². The number of rotatable bonds is 4. The van der Waals surface area contributed by atoms with E-state index in [-0.39, 0.29) is 31.4 Å². The minimum Gasteiger partial charge on any atom is -0.481 e. The Balaban J connectivity index is 1.32. The van der Waals surface area contributed by atoms with Crippen molar-refractivity contribution >= 4 is 12.1 Å². The van der Waals surface area contributed by atoms with Crippen LogP contribution in [0.4, 0.5) is 9.18 Å². The zero-order chi connectivity index (χ0) is 23.1. The van der Waals surface area contributed by atoms with Crippen LogP contribution in [-0.4, -0.2) is 41.8 Å². The summed E-state index contributed by atoms with van der Waals surface area (Å²) in [6.07, 6.45) is -0.524. The molecule has 0 unspecified atom stereocenters. The molecule has 1 fully saturated rings. The predicted molar refractivity (Wildman–Crippen MR) is 122 cm³/mol. The molecule has 1 aliphatic heterocycles. The average Bonchev–Trinajstić information content (AvgIpc) is 3.40. The van der Waals surface area contributed by atoms with Gasteiger partial charge in [-0.15, -0.1) is 0 Å². The highest BCUT2D eigenvalue weighted by Crippen LogP contribution is 2.44. The Kier molecular flexibility index (Phi) is 5.36.